The van der Waals surface area contributed by atoms with Crippen molar-refractivity contribution in [2.45, 2.75) is 32.1 Å². The maximum Gasteiger partial charge on any atom is 0.251 e. The van der Waals surface area contributed by atoms with Crippen LogP contribution >= 0.6 is 0 Å². The van der Waals surface area contributed by atoms with Crippen molar-refractivity contribution in [2.24, 2.45) is 5.92 Å². The van der Waals surface area contributed by atoms with Gasteiger partial charge in [0.15, 0.2) is 9.84 Å². The zero-order valence-corrected chi connectivity index (χ0v) is 13.5. The molecule has 0 aliphatic heterocycles. The van der Waals surface area contributed by atoms with Crippen LogP contribution in [0.2, 0.25) is 0 Å². The van der Waals surface area contributed by atoms with Gasteiger partial charge in [0.05, 0.1) is 5.75 Å². The Balaban J connectivity index is 2.75. The van der Waals surface area contributed by atoms with Crippen molar-refractivity contribution in [3.8, 4) is 0 Å². The van der Waals surface area contributed by atoms with Gasteiger partial charge in [-0.15, -0.1) is 0 Å². The number of nitrogens with one attached hydrogen (secondary N) is 1. The summed E-state index contributed by atoms with van der Waals surface area (Å²) in [5, 5.41) is 11.9. The molecule has 0 heterocycles. The average Bonchev–Trinajstić information content (AvgIpc) is 2.36. The van der Waals surface area contributed by atoms with Crippen LogP contribution in [-0.4, -0.2) is 38.3 Å². The molecule has 0 aliphatic carbocycles. The second-order valence-electron chi connectivity index (χ2n) is 5.60. The lowest BCUT2D eigenvalue weighted by Crippen LogP contribution is -2.39. The third-order valence-electron chi connectivity index (χ3n) is 3.21. The van der Waals surface area contributed by atoms with Crippen LogP contribution in [0.3, 0.4) is 0 Å². The Morgan fingerprint density at radius 3 is 2.24 bits per heavy atom. The van der Waals surface area contributed by atoms with Crippen molar-refractivity contribution >= 4 is 15.7 Å². The summed E-state index contributed by atoms with van der Waals surface area (Å²) < 4.78 is 22.4. The molecule has 0 aliphatic rings. The van der Waals surface area contributed by atoms with Gasteiger partial charge in [-0.2, -0.15) is 0 Å². The van der Waals surface area contributed by atoms with Crippen molar-refractivity contribution in [3.63, 3.8) is 0 Å². The highest BCUT2D eigenvalue weighted by Gasteiger charge is 2.16. The number of carbonyl (C=O) groups excluding carboxylic acids is 1. The van der Waals surface area contributed by atoms with Crippen LogP contribution < -0.4 is 5.32 Å². The fraction of sp³-hybridized carbons (Fsp3) is 0.533. The molecule has 1 unspecified atom stereocenters. The van der Waals surface area contributed by atoms with Gasteiger partial charge in [0, 0.05) is 24.5 Å². The van der Waals surface area contributed by atoms with Crippen molar-refractivity contribution in [3.05, 3.63) is 35.4 Å². The molecule has 1 aromatic carbocycles. The number of aliphatic hydroxyl groups excluding tert-OH is 1. The standard InChI is InChI=1S/C15H23NO4S/c1-11(2)14(8-9-17)16-15(18)13-6-4-12(5-7-13)10-21(3,19)20/h4-7,11,14,17H,8-10H2,1-3H3,(H,16,18). The number of amides is 1. The predicted octanol–water partition coefficient (Wildman–Crippen LogP) is 1.37. The second kappa shape index (κ2) is 7.56. The Hall–Kier alpha value is -1.40. The highest BCUT2D eigenvalue weighted by atomic mass is 32.2. The first-order valence-electron chi connectivity index (χ1n) is 6.91. The van der Waals surface area contributed by atoms with Gasteiger partial charge >= 0.3 is 0 Å². The third kappa shape index (κ3) is 6.27. The molecule has 1 atom stereocenters. The third-order valence-corrected chi connectivity index (χ3v) is 4.06. The van der Waals surface area contributed by atoms with E-state index in [9.17, 15) is 13.2 Å². The molecule has 0 bridgehead atoms. The lowest BCUT2D eigenvalue weighted by molar-refractivity contribution is 0.0916. The van der Waals surface area contributed by atoms with E-state index in [1.807, 2.05) is 13.8 Å². The van der Waals surface area contributed by atoms with E-state index in [4.69, 9.17) is 5.11 Å². The van der Waals surface area contributed by atoms with Crippen LogP contribution in [0.4, 0.5) is 0 Å². The van der Waals surface area contributed by atoms with E-state index >= 15 is 0 Å². The van der Waals surface area contributed by atoms with Crippen LogP contribution in [0.25, 0.3) is 0 Å². The molecule has 0 saturated heterocycles. The lowest BCUT2D eigenvalue weighted by atomic mass is 10.0. The fourth-order valence-electron chi connectivity index (χ4n) is 2.02. The molecule has 0 spiro atoms. The van der Waals surface area contributed by atoms with Gasteiger partial charge in [0.2, 0.25) is 0 Å². The molecule has 1 aromatic rings. The number of carbonyl (C=O) groups is 1. The van der Waals surface area contributed by atoms with Crippen molar-refractivity contribution in [1.82, 2.24) is 5.32 Å². The minimum atomic E-state index is -3.08. The SMILES string of the molecule is CC(C)C(CCO)NC(=O)c1ccc(CS(C)(=O)=O)cc1. The summed E-state index contributed by atoms with van der Waals surface area (Å²) in [5.41, 5.74) is 1.14. The van der Waals surface area contributed by atoms with Crippen LogP contribution in [0, 0.1) is 5.92 Å². The Kier molecular flexibility index (Phi) is 6.36. The number of benzene rings is 1. The fourth-order valence-corrected chi connectivity index (χ4v) is 2.82. The summed E-state index contributed by atoms with van der Waals surface area (Å²) in [5.74, 6) is -0.0210. The van der Waals surface area contributed by atoms with E-state index in [1.165, 1.54) is 6.26 Å². The number of aliphatic hydroxyl groups is 1. The van der Waals surface area contributed by atoms with E-state index in [0.29, 0.717) is 17.5 Å². The van der Waals surface area contributed by atoms with Crippen LogP contribution in [0.15, 0.2) is 24.3 Å². The van der Waals surface area contributed by atoms with Crippen LogP contribution in [-0.2, 0) is 15.6 Å². The maximum atomic E-state index is 12.1. The molecular weight excluding hydrogens is 290 g/mol. The lowest BCUT2D eigenvalue weighted by Gasteiger charge is -2.21. The summed E-state index contributed by atoms with van der Waals surface area (Å²) in [7, 11) is -3.08. The topological polar surface area (TPSA) is 83.5 Å². The second-order valence-corrected chi connectivity index (χ2v) is 7.74. The van der Waals surface area contributed by atoms with Gasteiger partial charge in [0.25, 0.3) is 5.91 Å². The van der Waals surface area contributed by atoms with Gasteiger partial charge in [-0.05, 0) is 30.0 Å². The van der Waals surface area contributed by atoms with Gasteiger partial charge in [-0.3, -0.25) is 4.79 Å². The van der Waals surface area contributed by atoms with Gasteiger partial charge in [-0.25, -0.2) is 8.42 Å². The van der Waals surface area contributed by atoms with E-state index in [2.05, 4.69) is 5.32 Å². The molecule has 2 N–H and O–H groups in total. The Morgan fingerprint density at radius 1 is 1.24 bits per heavy atom. The largest absolute Gasteiger partial charge is 0.396 e. The van der Waals surface area contributed by atoms with Crippen molar-refractivity contribution in [1.29, 1.82) is 0 Å². The molecule has 0 radical (unpaired) electrons. The minimum absolute atomic E-state index is 0.0242. The summed E-state index contributed by atoms with van der Waals surface area (Å²) in [6.07, 6.45) is 1.69. The van der Waals surface area contributed by atoms with E-state index in [0.717, 1.165) is 0 Å². The van der Waals surface area contributed by atoms with Crippen molar-refractivity contribution in [2.75, 3.05) is 12.9 Å². The molecule has 118 valence electrons. The summed E-state index contributed by atoms with van der Waals surface area (Å²) in [6, 6.07) is 6.44. The highest BCUT2D eigenvalue weighted by Crippen LogP contribution is 2.10. The quantitative estimate of drug-likeness (QED) is 0.796. The molecule has 21 heavy (non-hydrogen) atoms. The Labute approximate surface area is 126 Å². The molecule has 0 aromatic heterocycles. The molecule has 0 saturated carbocycles. The minimum Gasteiger partial charge on any atom is -0.396 e. The van der Waals surface area contributed by atoms with Crippen LogP contribution in [0.5, 0.6) is 0 Å². The van der Waals surface area contributed by atoms with Gasteiger partial charge in [-0.1, -0.05) is 26.0 Å². The normalized spacial score (nSPS) is 13.2. The zero-order chi connectivity index (χ0) is 16.0. The number of hydrogen-bond acceptors (Lipinski definition) is 4. The average molecular weight is 313 g/mol. The van der Waals surface area contributed by atoms with E-state index in [-0.39, 0.29) is 30.2 Å². The first-order chi connectivity index (χ1) is 9.73. The molecule has 6 heteroatoms. The van der Waals surface area contributed by atoms with Gasteiger partial charge < -0.3 is 10.4 Å². The monoisotopic (exact) mass is 313 g/mol. The number of hydrogen-bond donors (Lipinski definition) is 2. The van der Waals surface area contributed by atoms with Crippen LogP contribution in [0.1, 0.15) is 36.2 Å². The van der Waals surface area contributed by atoms with E-state index in [1.54, 1.807) is 24.3 Å². The molecular formula is C15H23NO4S. The van der Waals surface area contributed by atoms with Crippen molar-refractivity contribution < 1.29 is 18.3 Å². The zero-order valence-electron chi connectivity index (χ0n) is 12.7. The Morgan fingerprint density at radius 2 is 1.81 bits per heavy atom. The Bertz CT molecular complexity index is 564. The summed E-state index contributed by atoms with van der Waals surface area (Å²) in [4.78, 5) is 12.1. The summed E-state index contributed by atoms with van der Waals surface area (Å²) in [6.45, 7) is 3.99. The molecule has 0 fully saturated rings. The molecule has 1 amide bonds. The van der Waals surface area contributed by atoms with E-state index < -0.39 is 9.84 Å². The number of sulfone groups is 1. The summed E-state index contributed by atoms with van der Waals surface area (Å²) >= 11 is 0. The smallest absolute Gasteiger partial charge is 0.251 e. The maximum absolute atomic E-state index is 12.1. The highest BCUT2D eigenvalue weighted by molar-refractivity contribution is 7.89. The predicted molar refractivity (Wildman–Crippen MR) is 82.8 cm³/mol. The number of rotatable bonds is 7. The van der Waals surface area contributed by atoms with Gasteiger partial charge in [0.1, 0.15) is 0 Å². The first kappa shape index (κ1) is 17.7. The molecule has 5 nitrogen and oxygen atoms in total. The first-order valence-corrected chi connectivity index (χ1v) is 8.97. The molecule has 1 rings (SSSR count).